The molecule has 7 nitrogen and oxygen atoms in total. The summed E-state index contributed by atoms with van der Waals surface area (Å²) in [5.74, 6) is -2.32. The van der Waals surface area contributed by atoms with E-state index in [0.29, 0.717) is 0 Å². The van der Waals surface area contributed by atoms with Crippen LogP contribution in [0.5, 0.6) is 5.75 Å². The van der Waals surface area contributed by atoms with E-state index in [2.05, 4.69) is 4.74 Å². The van der Waals surface area contributed by atoms with Crippen LogP contribution in [0.3, 0.4) is 0 Å². The molecule has 1 aromatic rings. The topological polar surface area (TPSA) is 107 Å². The van der Waals surface area contributed by atoms with Gasteiger partial charge in [0.05, 0.1) is 4.92 Å². The number of ether oxygens (including phenoxy) is 1. The van der Waals surface area contributed by atoms with Gasteiger partial charge in [-0.05, 0) is 6.07 Å². The van der Waals surface area contributed by atoms with Crippen molar-refractivity contribution >= 4 is 47.2 Å². The van der Waals surface area contributed by atoms with E-state index in [0.717, 1.165) is 25.1 Å². The van der Waals surface area contributed by atoms with Crippen LogP contribution in [-0.4, -0.2) is 51.5 Å². The molecule has 0 saturated heterocycles. The van der Waals surface area contributed by atoms with Crippen molar-refractivity contribution in [3.8, 4) is 5.75 Å². The van der Waals surface area contributed by atoms with E-state index in [1.807, 2.05) is 0 Å². The first-order valence-electron chi connectivity index (χ1n) is 4.12. The molecular weight excluding hydrogens is 241 g/mol. The second kappa shape index (κ2) is 6.33. The van der Waals surface area contributed by atoms with Gasteiger partial charge in [-0.3, -0.25) is 14.9 Å². The molecule has 0 aliphatic rings. The molecule has 0 aliphatic carbocycles. The Kier molecular flexibility index (Phi) is 5.80. The summed E-state index contributed by atoms with van der Waals surface area (Å²) in [7, 11) is 0. The second-order valence-electron chi connectivity index (χ2n) is 2.84. The molecule has 0 aliphatic heterocycles. The van der Waals surface area contributed by atoms with Crippen molar-refractivity contribution in [1.82, 2.24) is 0 Å². The van der Waals surface area contributed by atoms with E-state index in [1.54, 1.807) is 0 Å². The standard InChI is InChI=1S/C9H7NO6.Na.H/c1-5(11)16-8-3-2-6(10(14)15)4-7(8)9(12)13;;/h2-4H,1H3,(H,12,13);;. The summed E-state index contributed by atoms with van der Waals surface area (Å²) in [6, 6.07) is 2.97. The third-order valence-electron chi connectivity index (χ3n) is 1.66. The molecule has 8 heteroatoms. The predicted molar refractivity (Wildman–Crippen MR) is 58.5 cm³/mol. The van der Waals surface area contributed by atoms with E-state index in [1.165, 1.54) is 0 Å². The van der Waals surface area contributed by atoms with Crippen LogP contribution in [0.15, 0.2) is 18.2 Å². The molecule has 0 atom stereocenters. The maximum absolute atomic E-state index is 10.8. The third-order valence-corrected chi connectivity index (χ3v) is 1.66. The van der Waals surface area contributed by atoms with Crippen LogP contribution < -0.4 is 4.74 Å². The zero-order chi connectivity index (χ0) is 12.3. The first kappa shape index (κ1) is 15.6. The van der Waals surface area contributed by atoms with Crippen molar-refractivity contribution in [1.29, 1.82) is 0 Å². The first-order valence-corrected chi connectivity index (χ1v) is 4.12. The van der Waals surface area contributed by atoms with Crippen LogP contribution in [0.1, 0.15) is 17.3 Å². The summed E-state index contributed by atoms with van der Waals surface area (Å²) in [4.78, 5) is 31.1. The third kappa shape index (κ3) is 4.14. The van der Waals surface area contributed by atoms with Crippen LogP contribution in [0, 0.1) is 10.1 Å². The van der Waals surface area contributed by atoms with E-state index in [9.17, 15) is 19.7 Å². The first-order chi connectivity index (χ1) is 7.41. The molecule has 1 rings (SSSR count). The van der Waals surface area contributed by atoms with Crippen LogP contribution in [0.2, 0.25) is 0 Å². The number of rotatable bonds is 3. The van der Waals surface area contributed by atoms with Gasteiger partial charge in [0.1, 0.15) is 11.3 Å². The predicted octanol–water partition coefficient (Wildman–Crippen LogP) is 0.570. The average Bonchev–Trinajstić information content (AvgIpc) is 2.16. The minimum absolute atomic E-state index is 0. The second-order valence-corrected chi connectivity index (χ2v) is 2.84. The molecule has 0 bridgehead atoms. The number of non-ortho nitro benzene ring substituents is 1. The number of carboxylic acid groups (broad SMARTS) is 1. The van der Waals surface area contributed by atoms with Crippen molar-refractivity contribution in [2.75, 3.05) is 0 Å². The fourth-order valence-electron chi connectivity index (χ4n) is 1.04. The van der Waals surface area contributed by atoms with Gasteiger partial charge in [-0.1, -0.05) is 0 Å². The number of nitro benzene ring substituents is 1. The number of aromatic carboxylic acids is 1. The fraction of sp³-hybridized carbons (Fsp3) is 0.111. The van der Waals surface area contributed by atoms with Crippen LogP contribution in [-0.2, 0) is 4.79 Å². The van der Waals surface area contributed by atoms with E-state index in [-0.39, 0.29) is 41.0 Å². The molecule has 86 valence electrons. The zero-order valence-corrected chi connectivity index (χ0v) is 8.17. The zero-order valence-electron chi connectivity index (χ0n) is 8.17. The number of carbonyl (C=O) groups excluding carboxylic acids is 1. The average molecular weight is 249 g/mol. The van der Waals surface area contributed by atoms with Crippen LogP contribution in [0.4, 0.5) is 5.69 Å². The van der Waals surface area contributed by atoms with Crippen molar-refractivity contribution in [3.05, 3.63) is 33.9 Å². The molecule has 17 heavy (non-hydrogen) atoms. The Morgan fingerprint density at radius 1 is 1.41 bits per heavy atom. The molecule has 0 heterocycles. The molecule has 0 fully saturated rings. The summed E-state index contributed by atoms with van der Waals surface area (Å²) in [5.41, 5.74) is -0.808. The van der Waals surface area contributed by atoms with Gasteiger partial charge in [0.25, 0.3) is 5.69 Å². The number of nitrogens with zero attached hydrogens (tertiary/aromatic N) is 1. The fourth-order valence-corrected chi connectivity index (χ4v) is 1.04. The van der Waals surface area contributed by atoms with Crippen molar-refractivity contribution in [2.45, 2.75) is 6.92 Å². The van der Waals surface area contributed by atoms with Gasteiger partial charge in [-0.15, -0.1) is 0 Å². The number of esters is 1. The Balaban J connectivity index is 0.00000256. The number of hydrogen-bond acceptors (Lipinski definition) is 5. The van der Waals surface area contributed by atoms with Gasteiger partial charge in [0.2, 0.25) is 0 Å². The Hall–Kier alpha value is -1.44. The number of carboxylic acids is 1. The van der Waals surface area contributed by atoms with Crippen LogP contribution in [0.25, 0.3) is 0 Å². The minimum atomic E-state index is -1.40. The van der Waals surface area contributed by atoms with Gasteiger partial charge in [0.15, 0.2) is 0 Å². The maximum atomic E-state index is 10.8. The normalized spacial score (nSPS) is 9.00. The number of carbonyl (C=O) groups is 2. The van der Waals surface area contributed by atoms with Gasteiger partial charge in [-0.25, -0.2) is 4.79 Å². The number of hydrogen-bond donors (Lipinski definition) is 1. The van der Waals surface area contributed by atoms with Crippen molar-refractivity contribution in [3.63, 3.8) is 0 Å². The Morgan fingerprint density at radius 3 is 2.41 bits per heavy atom. The molecule has 0 saturated carbocycles. The summed E-state index contributed by atoms with van der Waals surface area (Å²) in [6.07, 6.45) is 0. The summed E-state index contributed by atoms with van der Waals surface area (Å²) >= 11 is 0. The summed E-state index contributed by atoms with van der Waals surface area (Å²) < 4.78 is 4.60. The Bertz CT molecular complexity index is 473. The molecular formula is C9H8NNaO6. The van der Waals surface area contributed by atoms with Gasteiger partial charge < -0.3 is 9.84 Å². The van der Waals surface area contributed by atoms with Gasteiger partial charge >= 0.3 is 41.5 Å². The molecule has 1 aromatic carbocycles. The summed E-state index contributed by atoms with van der Waals surface area (Å²) in [6.45, 7) is 1.10. The quantitative estimate of drug-likeness (QED) is 0.276. The van der Waals surface area contributed by atoms with Crippen molar-refractivity contribution in [2.24, 2.45) is 0 Å². The summed E-state index contributed by atoms with van der Waals surface area (Å²) in [5, 5.41) is 19.2. The molecule has 0 amide bonds. The molecule has 0 unspecified atom stereocenters. The van der Waals surface area contributed by atoms with Crippen LogP contribution >= 0.6 is 0 Å². The molecule has 0 spiro atoms. The Labute approximate surface area is 118 Å². The SMILES string of the molecule is CC(=O)Oc1ccc([N+](=O)[O-])cc1C(=O)O.[NaH]. The Morgan fingerprint density at radius 2 is 2.00 bits per heavy atom. The van der Waals surface area contributed by atoms with Crippen molar-refractivity contribution < 1.29 is 24.4 Å². The van der Waals surface area contributed by atoms with Gasteiger partial charge in [0, 0.05) is 19.1 Å². The number of nitro groups is 1. The van der Waals surface area contributed by atoms with E-state index >= 15 is 0 Å². The van der Waals surface area contributed by atoms with E-state index < -0.39 is 22.4 Å². The molecule has 0 radical (unpaired) electrons. The molecule has 1 N–H and O–H groups in total. The van der Waals surface area contributed by atoms with Gasteiger partial charge in [-0.2, -0.15) is 0 Å². The molecule has 0 aromatic heterocycles. The monoisotopic (exact) mass is 249 g/mol. The van der Waals surface area contributed by atoms with E-state index in [4.69, 9.17) is 5.11 Å². The number of benzene rings is 1.